The SMILES string of the molecule is CC1(C)CC(=O)C(c2ccccc2)(S(=O)(=O)F)C(=O)C1. The summed E-state index contributed by atoms with van der Waals surface area (Å²) in [5.74, 6) is -1.79. The molecule has 0 saturated heterocycles. The van der Waals surface area contributed by atoms with Gasteiger partial charge in [0.25, 0.3) is 0 Å². The van der Waals surface area contributed by atoms with Gasteiger partial charge in [0.2, 0.25) is 4.75 Å². The van der Waals surface area contributed by atoms with E-state index in [2.05, 4.69) is 0 Å². The molecule has 0 radical (unpaired) electrons. The minimum atomic E-state index is -5.39. The lowest BCUT2D eigenvalue weighted by atomic mass is 9.69. The van der Waals surface area contributed by atoms with E-state index in [1.807, 2.05) is 0 Å². The van der Waals surface area contributed by atoms with Gasteiger partial charge in [-0.05, 0) is 11.0 Å². The minimum absolute atomic E-state index is 0.118. The molecule has 108 valence electrons. The van der Waals surface area contributed by atoms with E-state index in [0.717, 1.165) is 0 Å². The van der Waals surface area contributed by atoms with E-state index in [1.165, 1.54) is 24.3 Å². The van der Waals surface area contributed by atoms with Gasteiger partial charge < -0.3 is 0 Å². The zero-order valence-corrected chi connectivity index (χ0v) is 12.0. The maximum Gasteiger partial charge on any atom is 0.326 e. The maximum atomic E-state index is 13.9. The van der Waals surface area contributed by atoms with Crippen molar-refractivity contribution in [3.63, 3.8) is 0 Å². The third-order valence-electron chi connectivity index (χ3n) is 3.61. The van der Waals surface area contributed by atoms with Crippen LogP contribution in [0.1, 0.15) is 32.3 Å². The lowest BCUT2D eigenvalue weighted by Gasteiger charge is -2.38. The molecule has 1 aliphatic carbocycles. The fourth-order valence-electron chi connectivity index (χ4n) is 2.74. The van der Waals surface area contributed by atoms with Gasteiger partial charge in [-0.15, -0.1) is 3.89 Å². The van der Waals surface area contributed by atoms with Crippen molar-refractivity contribution in [3.8, 4) is 0 Å². The van der Waals surface area contributed by atoms with Crippen LogP contribution in [0.4, 0.5) is 3.89 Å². The van der Waals surface area contributed by atoms with Crippen molar-refractivity contribution < 1.29 is 21.9 Å². The highest BCUT2D eigenvalue weighted by molar-refractivity contribution is 7.89. The van der Waals surface area contributed by atoms with Crippen LogP contribution < -0.4 is 0 Å². The molecule has 4 nitrogen and oxygen atoms in total. The Hall–Kier alpha value is -1.56. The van der Waals surface area contributed by atoms with Crippen molar-refractivity contribution in [2.75, 3.05) is 0 Å². The van der Waals surface area contributed by atoms with Crippen molar-refractivity contribution >= 4 is 21.8 Å². The summed E-state index contributed by atoms with van der Waals surface area (Å²) < 4.78 is 34.5. The summed E-state index contributed by atoms with van der Waals surface area (Å²) in [6.45, 7) is 3.37. The molecule has 20 heavy (non-hydrogen) atoms. The molecule has 1 aliphatic rings. The first-order valence-electron chi connectivity index (χ1n) is 6.17. The fourth-order valence-corrected chi connectivity index (χ4v) is 3.85. The number of halogens is 1. The summed E-state index contributed by atoms with van der Waals surface area (Å²) in [6.07, 6.45) is -0.312. The maximum absolute atomic E-state index is 13.9. The Bertz CT molecular complexity index is 642. The number of hydrogen-bond donors (Lipinski definition) is 0. The first-order valence-corrected chi connectivity index (χ1v) is 7.56. The average molecular weight is 298 g/mol. The molecule has 1 aromatic carbocycles. The van der Waals surface area contributed by atoms with Gasteiger partial charge in [-0.2, -0.15) is 8.42 Å². The van der Waals surface area contributed by atoms with Crippen molar-refractivity contribution in [1.29, 1.82) is 0 Å². The van der Waals surface area contributed by atoms with Gasteiger partial charge in [0.05, 0.1) is 0 Å². The Balaban J connectivity index is 2.74. The summed E-state index contributed by atoms with van der Waals surface area (Å²) in [5.41, 5.74) is -0.773. The molecule has 6 heteroatoms. The third kappa shape index (κ3) is 2.08. The first kappa shape index (κ1) is 14.8. The molecule has 0 N–H and O–H groups in total. The average Bonchev–Trinajstić information content (AvgIpc) is 2.26. The lowest BCUT2D eigenvalue weighted by molar-refractivity contribution is -0.138. The van der Waals surface area contributed by atoms with Crippen LogP contribution in [0.3, 0.4) is 0 Å². The quantitative estimate of drug-likeness (QED) is 0.619. The number of ketones is 2. The second-order valence-corrected chi connectivity index (χ2v) is 7.34. The van der Waals surface area contributed by atoms with Crippen molar-refractivity contribution in [3.05, 3.63) is 35.9 Å². The highest BCUT2D eigenvalue weighted by atomic mass is 32.3. The van der Waals surface area contributed by atoms with Crippen LogP contribution in [0, 0.1) is 5.41 Å². The number of carbonyl (C=O) groups excluding carboxylic acids is 2. The lowest BCUT2D eigenvalue weighted by Crippen LogP contribution is -2.54. The van der Waals surface area contributed by atoms with Gasteiger partial charge in [0.15, 0.2) is 11.6 Å². The van der Waals surface area contributed by atoms with Crippen LogP contribution in [0.25, 0.3) is 0 Å². The second kappa shape index (κ2) is 4.48. The zero-order valence-electron chi connectivity index (χ0n) is 11.2. The number of hydrogen-bond acceptors (Lipinski definition) is 4. The molecular weight excluding hydrogens is 283 g/mol. The highest BCUT2D eigenvalue weighted by Crippen LogP contribution is 2.45. The molecule has 0 atom stereocenters. The third-order valence-corrected chi connectivity index (χ3v) is 5.03. The first-order chi connectivity index (χ1) is 9.11. The van der Waals surface area contributed by atoms with E-state index in [4.69, 9.17) is 0 Å². The predicted molar refractivity (Wildman–Crippen MR) is 71.2 cm³/mol. The Morgan fingerprint density at radius 3 is 1.85 bits per heavy atom. The van der Waals surface area contributed by atoms with Crippen molar-refractivity contribution in [2.45, 2.75) is 31.4 Å². The number of carbonyl (C=O) groups is 2. The summed E-state index contributed by atoms with van der Waals surface area (Å²) >= 11 is 0. The van der Waals surface area contributed by atoms with Gasteiger partial charge in [0.1, 0.15) is 0 Å². The largest absolute Gasteiger partial charge is 0.326 e. The van der Waals surface area contributed by atoms with Gasteiger partial charge in [-0.25, -0.2) is 0 Å². The Kier molecular flexibility index (Phi) is 3.32. The molecule has 1 fully saturated rings. The molecule has 0 bridgehead atoms. The molecule has 1 aromatic rings. The van der Waals surface area contributed by atoms with E-state index in [9.17, 15) is 21.9 Å². The van der Waals surface area contributed by atoms with Gasteiger partial charge in [-0.3, -0.25) is 9.59 Å². The molecule has 0 spiro atoms. The van der Waals surface area contributed by atoms with Gasteiger partial charge >= 0.3 is 10.2 Å². The summed E-state index contributed by atoms with van der Waals surface area (Å²) in [6, 6.07) is 7.14. The van der Waals surface area contributed by atoms with Gasteiger partial charge in [0, 0.05) is 12.8 Å². The highest BCUT2D eigenvalue weighted by Gasteiger charge is 2.62. The van der Waals surface area contributed by atoms with E-state index in [0.29, 0.717) is 0 Å². The standard InChI is InChI=1S/C14H15FO4S/c1-13(2)8-11(16)14(12(17)9-13,20(15,18)19)10-6-4-3-5-7-10/h3-7H,8-9H2,1-2H3. The van der Waals surface area contributed by atoms with Gasteiger partial charge in [-0.1, -0.05) is 44.2 Å². The zero-order chi connectivity index (χ0) is 15.2. The molecule has 0 amide bonds. The Labute approximate surface area is 117 Å². The number of Topliss-reactive ketones (excluding diaryl/α,β-unsaturated/α-hetero) is 2. The summed E-state index contributed by atoms with van der Waals surface area (Å²) in [5, 5.41) is 0. The van der Waals surface area contributed by atoms with Crippen molar-refractivity contribution in [1.82, 2.24) is 0 Å². The van der Waals surface area contributed by atoms with Crippen LogP contribution >= 0.6 is 0 Å². The van der Waals surface area contributed by atoms with E-state index >= 15 is 0 Å². The monoisotopic (exact) mass is 298 g/mol. The molecular formula is C14H15FO4S. The summed E-state index contributed by atoms with van der Waals surface area (Å²) in [4.78, 5) is 24.7. The summed E-state index contributed by atoms with van der Waals surface area (Å²) in [7, 11) is -5.39. The van der Waals surface area contributed by atoms with Crippen molar-refractivity contribution in [2.24, 2.45) is 5.41 Å². The topological polar surface area (TPSA) is 68.3 Å². The molecule has 2 rings (SSSR count). The molecule has 0 aliphatic heterocycles. The molecule has 1 saturated carbocycles. The van der Waals surface area contributed by atoms with E-state index < -0.39 is 32.0 Å². The second-order valence-electron chi connectivity index (χ2n) is 5.85. The van der Waals surface area contributed by atoms with Crippen LogP contribution in [0.2, 0.25) is 0 Å². The fraction of sp³-hybridized carbons (Fsp3) is 0.429. The van der Waals surface area contributed by atoms with Crippen LogP contribution in [-0.4, -0.2) is 20.0 Å². The number of rotatable bonds is 2. The van der Waals surface area contributed by atoms with Crippen LogP contribution in [0.5, 0.6) is 0 Å². The van der Waals surface area contributed by atoms with E-state index in [-0.39, 0.29) is 18.4 Å². The van der Waals surface area contributed by atoms with Crippen LogP contribution in [0.15, 0.2) is 30.3 Å². The smallest absolute Gasteiger partial charge is 0.297 e. The van der Waals surface area contributed by atoms with Crippen LogP contribution in [-0.2, 0) is 24.6 Å². The number of benzene rings is 1. The predicted octanol–water partition coefficient (Wildman–Crippen LogP) is 2.14. The minimum Gasteiger partial charge on any atom is -0.297 e. The van der Waals surface area contributed by atoms with E-state index in [1.54, 1.807) is 19.9 Å². The Morgan fingerprint density at radius 2 is 1.45 bits per heavy atom. The normalized spacial score (nSPS) is 21.8. The molecule has 0 aromatic heterocycles. The Morgan fingerprint density at radius 1 is 1.00 bits per heavy atom. The molecule has 0 heterocycles. The molecule has 0 unspecified atom stereocenters.